The van der Waals surface area contributed by atoms with Gasteiger partial charge in [-0.1, -0.05) is 12.1 Å². The fourth-order valence-electron chi connectivity index (χ4n) is 2.92. The van der Waals surface area contributed by atoms with Gasteiger partial charge in [-0.3, -0.25) is 19.4 Å². The number of hydrogen-bond acceptors (Lipinski definition) is 5. The Morgan fingerprint density at radius 3 is 2.61 bits per heavy atom. The summed E-state index contributed by atoms with van der Waals surface area (Å²) in [6, 6.07) is 10.8. The van der Waals surface area contributed by atoms with Crippen LogP contribution in [-0.2, 0) is 13.2 Å². The summed E-state index contributed by atoms with van der Waals surface area (Å²) < 4.78 is 40.5. The van der Waals surface area contributed by atoms with Crippen molar-refractivity contribution in [3.8, 4) is 22.6 Å². The van der Waals surface area contributed by atoms with Crippen molar-refractivity contribution in [1.82, 2.24) is 24.7 Å². The minimum absolute atomic E-state index is 0.0331. The lowest BCUT2D eigenvalue weighted by molar-refractivity contribution is -0.137. The van der Waals surface area contributed by atoms with Crippen LogP contribution in [0.15, 0.2) is 67.3 Å². The van der Waals surface area contributed by atoms with Crippen LogP contribution >= 0.6 is 0 Å². The molecule has 0 atom stereocenters. The Kier molecular flexibility index (Phi) is 5.20. The van der Waals surface area contributed by atoms with Crippen LogP contribution in [0, 0.1) is 0 Å². The molecule has 0 fully saturated rings. The minimum Gasteiger partial charge on any atom is -0.317 e. The highest BCUT2D eigenvalue weighted by atomic mass is 19.4. The Hall–Kier alpha value is -4.08. The van der Waals surface area contributed by atoms with Gasteiger partial charge in [-0.2, -0.15) is 18.3 Å². The molecule has 4 rings (SSSR count). The maximum atomic E-state index is 13.0. The molecule has 4 aromatic heterocycles. The van der Waals surface area contributed by atoms with Gasteiger partial charge in [-0.15, -0.1) is 0 Å². The Morgan fingerprint density at radius 1 is 1.06 bits per heavy atom. The van der Waals surface area contributed by atoms with E-state index >= 15 is 0 Å². The van der Waals surface area contributed by atoms with Gasteiger partial charge in [0.05, 0.1) is 22.6 Å². The molecule has 7 nitrogen and oxygen atoms in total. The van der Waals surface area contributed by atoms with Crippen LogP contribution in [0.2, 0.25) is 0 Å². The molecule has 0 spiro atoms. The van der Waals surface area contributed by atoms with Gasteiger partial charge in [0.2, 0.25) is 0 Å². The average molecular weight is 424 g/mol. The summed E-state index contributed by atoms with van der Waals surface area (Å²) in [4.78, 5) is 24.9. The first-order chi connectivity index (χ1) is 14.8. The molecule has 0 saturated carbocycles. The van der Waals surface area contributed by atoms with Crippen LogP contribution in [0.3, 0.4) is 0 Å². The number of nitrogens with zero attached hydrogens (tertiary/aromatic N) is 5. The van der Waals surface area contributed by atoms with Gasteiger partial charge in [0, 0.05) is 37.4 Å². The molecule has 1 amide bonds. The minimum atomic E-state index is -4.53. The maximum Gasteiger partial charge on any atom is 0.417 e. The first kappa shape index (κ1) is 20.2. The number of amides is 1. The summed E-state index contributed by atoms with van der Waals surface area (Å²) >= 11 is 0. The van der Waals surface area contributed by atoms with E-state index in [9.17, 15) is 18.0 Å². The van der Waals surface area contributed by atoms with Gasteiger partial charge >= 0.3 is 6.18 Å². The summed E-state index contributed by atoms with van der Waals surface area (Å²) in [6.45, 7) is 0. The van der Waals surface area contributed by atoms with Gasteiger partial charge in [-0.05, 0) is 30.3 Å². The number of anilines is 1. The maximum absolute atomic E-state index is 13.0. The Bertz CT molecular complexity index is 1240. The van der Waals surface area contributed by atoms with E-state index in [1.54, 1.807) is 43.7 Å². The summed E-state index contributed by atoms with van der Waals surface area (Å²) in [7, 11) is 1.71. The van der Waals surface area contributed by atoms with Gasteiger partial charge in [0.25, 0.3) is 5.91 Å². The van der Waals surface area contributed by atoms with Crippen molar-refractivity contribution in [2.45, 2.75) is 6.18 Å². The van der Waals surface area contributed by atoms with Gasteiger partial charge in [-0.25, -0.2) is 4.98 Å². The van der Waals surface area contributed by atoms with Crippen molar-refractivity contribution in [3.63, 3.8) is 0 Å². The van der Waals surface area contributed by atoms with Crippen molar-refractivity contribution in [2.24, 2.45) is 7.05 Å². The van der Waals surface area contributed by atoms with E-state index in [0.717, 1.165) is 12.3 Å². The summed E-state index contributed by atoms with van der Waals surface area (Å²) in [6.07, 6.45) is 0.716. The third-order valence-electron chi connectivity index (χ3n) is 4.33. The van der Waals surface area contributed by atoms with Crippen LogP contribution in [0.25, 0.3) is 22.6 Å². The van der Waals surface area contributed by atoms with E-state index in [2.05, 4.69) is 25.4 Å². The van der Waals surface area contributed by atoms with Crippen LogP contribution in [0.4, 0.5) is 18.9 Å². The Morgan fingerprint density at radius 2 is 1.87 bits per heavy atom. The lowest BCUT2D eigenvalue weighted by Gasteiger charge is -2.09. The molecule has 0 aromatic carbocycles. The monoisotopic (exact) mass is 424 g/mol. The molecule has 4 heterocycles. The molecule has 10 heteroatoms. The van der Waals surface area contributed by atoms with E-state index in [1.165, 1.54) is 23.0 Å². The van der Waals surface area contributed by atoms with Gasteiger partial charge in [0.15, 0.2) is 0 Å². The van der Waals surface area contributed by atoms with Crippen molar-refractivity contribution >= 4 is 11.6 Å². The fraction of sp³-hybridized carbons (Fsp3) is 0.0952. The molecular formula is C21H15F3N6O. The molecule has 156 valence electrons. The van der Waals surface area contributed by atoms with E-state index in [0.29, 0.717) is 17.1 Å². The second-order valence-electron chi connectivity index (χ2n) is 6.60. The molecule has 31 heavy (non-hydrogen) atoms. The van der Waals surface area contributed by atoms with Crippen LogP contribution < -0.4 is 5.32 Å². The predicted molar refractivity (Wildman–Crippen MR) is 107 cm³/mol. The fourth-order valence-corrected chi connectivity index (χ4v) is 2.92. The molecule has 0 unspecified atom stereocenters. The largest absolute Gasteiger partial charge is 0.417 e. The summed E-state index contributed by atoms with van der Waals surface area (Å²) in [5, 5.41) is 7.07. The molecule has 4 aromatic rings. The van der Waals surface area contributed by atoms with E-state index in [-0.39, 0.29) is 17.0 Å². The number of rotatable bonds is 4. The molecule has 0 aliphatic carbocycles. The summed E-state index contributed by atoms with van der Waals surface area (Å²) in [5.74, 6) is -0.535. The molecule has 0 aliphatic heterocycles. The second-order valence-corrected chi connectivity index (χ2v) is 6.60. The SMILES string of the molecule is Cn1cc(NC(=O)c2cccc(-c3cncc(C(F)(F)F)c3)n2)c(-c2ccccn2)n1. The molecule has 0 saturated heterocycles. The van der Waals surface area contributed by atoms with E-state index in [1.807, 2.05) is 0 Å². The lowest BCUT2D eigenvalue weighted by Crippen LogP contribution is -2.14. The average Bonchev–Trinajstić information content (AvgIpc) is 3.14. The van der Waals surface area contributed by atoms with Crippen LogP contribution in [0.1, 0.15) is 16.1 Å². The first-order valence-corrected chi connectivity index (χ1v) is 9.07. The highest BCUT2D eigenvalue weighted by Crippen LogP contribution is 2.31. The normalized spacial score (nSPS) is 11.4. The van der Waals surface area contributed by atoms with Gasteiger partial charge in [0.1, 0.15) is 11.4 Å². The van der Waals surface area contributed by atoms with Gasteiger partial charge < -0.3 is 5.32 Å². The van der Waals surface area contributed by atoms with Crippen molar-refractivity contribution in [1.29, 1.82) is 0 Å². The topological polar surface area (TPSA) is 85.6 Å². The smallest absolute Gasteiger partial charge is 0.317 e. The number of pyridine rings is 3. The molecular weight excluding hydrogens is 409 g/mol. The number of aryl methyl sites for hydroxylation is 1. The lowest BCUT2D eigenvalue weighted by atomic mass is 10.1. The predicted octanol–water partition coefficient (Wildman–Crippen LogP) is 4.21. The zero-order valence-corrected chi connectivity index (χ0v) is 16.1. The third-order valence-corrected chi connectivity index (χ3v) is 4.33. The van der Waals surface area contributed by atoms with E-state index in [4.69, 9.17) is 0 Å². The molecule has 0 bridgehead atoms. The number of aromatic nitrogens is 5. The third kappa shape index (κ3) is 4.42. The quantitative estimate of drug-likeness (QED) is 0.531. The number of hydrogen-bond donors (Lipinski definition) is 1. The second kappa shape index (κ2) is 7.98. The number of carbonyl (C=O) groups is 1. The highest BCUT2D eigenvalue weighted by Gasteiger charge is 2.31. The van der Waals surface area contributed by atoms with Crippen molar-refractivity contribution in [2.75, 3.05) is 5.32 Å². The molecule has 0 radical (unpaired) electrons. The highest BCUT2D eigenvalue weighted by molar-refractivity contribution is 6.04. The van der Waals surface area contributed by atoms with Crippen molar-refractivity contribution < 1.29 is 18.0 Å². The number of nitrogens with one attached hydrogen (secondary N) is 1. The zero-order chi connectivity index (χ0) is 22.0. The van der Waals surface area contributed by atoms with Crippen molar-refractivity contribution in [3.05, 3.63) is 78.5 Å². The first-order valence-electron chi connectivity index (χ1n) is 9.07. The van der Waals surface area contributed by atoms with E-state index < -0.39 is 17.6 Å². The Labute approximate surface area is 174 Å². The number of alkyl halides is 3. The Balaban J connectivity index is 1.62. The zero-order valence-electron chi connectivity index (χ0n) is 16.1. The number of halogens is 3. The molecule has 1 N–H and O–H groups in total. The molecule has 0 aliphatic rings. The van der Waals surface area contributed by atoms with Crippen LogP contribution in [-0.4, -0.2) is 30.6 Å². The summed E-state index contributed by atoms with van der Waals surface area (Å²) in [5.41, 5.74) is 0.981. The van der Waals surface area contributed by atoms with Crippen LogP contribution in [0.5, 0.6) is 0 Å². The standard InChI is InChI=1S/C21H15F3N6O/c1-30-12-18(19(29-30)16-5-2-3-8-26-16)28-20(31)17-7-4-6-15(27-17)13-9-14(11-25-10-13)21(22,23)24/h2-12H,1H3,(H,28,31). The number of carbonyl (C=O) groups excluding carboxylic acids is 1.